The monoisotopic (exact) mass is 566 g/mol. The Morgan fingerprint density at radius 2 is 1.80 bits per heavy atom. The van der Waals surface area contributed by atoms with E-state index in [0.717, 1.165) is 10.1 Å². The van der Waals surface area contributed by atoms with E-state index in [1.54, 1.807) is 54.6 Å². The highest BCUT2D eigenvalue weighted by molar-refractivity contribution is 6.30. The van der Waals surface area contributed by atoms with E-state index in [-0.39, 0.29) is 17.3 Å². The van der Waals surface area contributed by atoms with Crippen molar-refractivity contribution in [3.05, 3.63) is 124 Å². The van der Waals surface area contributed by atoms with Crippen molar-refractivity contribution in [1.82, 2.24) is 9.66 Å². The molecule has 0 atom stereocenters. The number of aromatic nitrogens is 2. The molecule has 1 amide bonds. The van der Waals surface area contributed by atoms with Crippen LogP contribution in [0.15, 0.2) is 111 Å². The number of amides is 1. The number of anilines is 1. The van der Waals surface area contributed by atoms with Crippen molar-refractivity contribution in [2.45, 2.75) is 0 Å². The molecule has 8 nitrogen and oxygen atoms in total. The van der Waals surface area contributed by atoms with E-state index in [1.165, 1.54) is 24.4 Å². The summed E-state index contributed by atoms with van der Waals surface area (Å²) in [6.07, 6.45) is 1.39. The molecular formula is C31H20ClFN4O4. The second-order valence-corrected chi connectivity index (χ2v) is 9.40. The highest BCUT2D eigenvalue weighted by Crippen LogP contribution is 2.27. The highest BCUT2D eigenvalue weighted by atomic mass is 35.5. The SMILES string of the molecule is O=C(COc1ccc(Cl)cc1C=Nn1c(-c2cc3ccccc3o2)nc2ccccc2c1=O)Nc1ccccc1F. The maximum Gasteiger partial charge on any atom is 0.282 e. The Hall–Kier alpha value is -5.28. The van der Waals surface area contributed by atoms with Gasteiger partial charge in [0.1, 0.15) is 17.1 Å². The number of hydrogen-bond acceptors (Lipinski definition) is 6. The minimum atomic E-state index is -0.560. The molecule has 0 fully saturated rings. The van der Waals surface area contributed by atoms with Gasteiger partial charge in [-0.2, -0.15) is 9.78 Å². The predicted molar refractivity (Wildman–Crippen MR) is 156 cm³/mol. The van der Waals surface area contributed by atoms with Crippen LogP contribution in [0.5, 0.6) is 5.75 Å². The molecular weight excluding hydrogens is 547 g/mol. The van der Waals surface area contributed by atoms with Gasteiger partial charge >= 0.3 is 0 Å². The van der Waals surface area contributed by atoms with Crippen LogP contribution in [0.25, 0.3) is 33.5 Å². The van der Waals surface area contributed by atoms with Gasteiger partial charge in [-0.3, -0.25) is 9.59 Å². The molecule has 6 rings (SSSR count). The van der Waals surface area contributed by atoms with Gasteiger partial charge in [0.25, 0.3) is 11.5 Å². The maximum atomic E-state index is 13.9. The number of carbonyl (C=O) groups excluding carboxylic acids is 1. The summed E-state index contributed by atoms with van der Waals surface area (Å²) in [5.41, 5.74) is 1.16. The molecule has 1 N–H and O–H groups in total. The molecule has 202 valence electrons. The van der Waals surface area contributed by atoms with E-state index in [1.807, 2.05) is 24.3 Å². The maximum absolute atomic E-state index is 13.9. The molecule has 0 radical (unpaired) electrons. The largest absolute Gasteiger partial charge is 0.483 e. The first kappa shape index (κ1) is 26.0. The minimum absolute atomic E-state index is 0.0419. The Morgan fingerprint density at radius 3 is 2.66 bits per heavy atom. The number of para-hydroxylation sites is 3. The molecule has 0 aliphatic carbocycles. The standard InChI is InChI=1S/C31H20ClFN4O4/c32-21-13-14-26(40-18-29(38)35-25-11-5-3-9-23(25)33)20(15-21)17-34-37-30(28-16-19-7-1-6-12-27(19)41-28)36-24-10-4-2-8-22(24)31(37)39/h1-17H,18H2,(H,35,38). The fourth-order valence-corrected chi connectivity index (χ4v) is 4.43. The number of hydrogen-bond donors (Lipinski definition) is 1. The van der Waals surface area contributed by atoms with Crippen molar-refractivity contribution in [2.75, 3.05) is 11.9 Å². The van der Waals surface area contributed by atoms with E-state index in [0.29, 0.717) is 32.8 Å². The zero-order chi connectivity index (χ0) is 28.3. The lowest BCUT2D eigenvalue weighted by atomic mass is 10.2. The number of nitrogens with zero attached hydrogens (tertiary/aromatic N) is 3. The fraction of sp³-hybridized carbons (Fsp3) is 0.0323. The van der Waals surface area contributed by atoms with E-state index in [4.69, 9.17) is 20.8 Å². The zero-order valence-corrected chi connectivity index (χ0v) is 22.0. The van der Waals surface area contributed by atoms with Crippen LogP contribution in [-0.2, 0) is 4.79 Å². The van der Waals surface area contributed by atoms with Gasteiger partial charge in [0.05, 0.1) is 22.8 Å². The molecule has 6 aromatic rings. The molecule has 0 saturated carbocycles. The van der Waals surface area contributed by atoms with Gasteiger partial charge in [-0.05, 0) is 54.6 Å². The Labute approximate surface area is 237 Å². The average Bonchev–Trinajstić information content (AvgIpc) is 3.42. The quantitative estimate of drug-likeness (QED) is 0.222. The summed E-state index contributed by atoms with van der Waals surface area (Å²) >= 11 is 6.23. The first-order chi connectivity index (χ1) is 20.0. The summed E-state index contributed by atoms with van der Waals surface area (Å²) in [5.74, 6) is -0.285. The van der Waals surface area contributed by atoms with Crippen LogP contribution in [0.2, 0.25) is 5.02 Å². The third-order valence-electron chi connectivity index (χ3n) is 6.19. The summed E-state index contributed by atoms with van der Waals surface area (Å²) < 4.78 is 26.8. The number of halogens is 2. The number of fused-ring (bicyclic) bond motifs is 2. The molecule has 4 aromatic carbocycles. The van der Waals surface area contributed by atoms with Gasteiger partial charge in [0, 0.05) is 16.0 Å². The van der Waals surface area contributed by atoms with E-state index in [2.05, 4.69) is 15.4 Å². The molecule has 2 heterocycles. The first-order valence-electron chi connectivity index (χ1n) is 12.5. The van der Waals surface area contributed by atoms with E-state index >= 15 is 0 Å². The number of ether oxygens (including phenoxy) is 1. The summed E-state index contributed by atoms with van der Waals surface area (Å²) in [4.78, 5) is 30.6. The third kappa shape index (κ3) is 5.43. The number of furan rings is 1. The lowest BCUT2D eigenvalue weighted by Gasteiger charge is -2.11. The van der Waals surface area contributed by atoms with Crippen molar-refractivity contribution in [2.24, 2.45) is 5.10 Å². The fourth-order valence-electron chi connectivity index (χ4n) is 4.25. The van der Waals surface area contributed by atoms with Gasteiger partial charge in [-0.15, -0.1) is 0 Å². The number of carbonyl (C=O) groups is 1. The lowest BCUT2D eigenvalue weighted by Crippen LogP contribution is -2.21. The van der Waals surface area contributed by atoms with Crippen molar-refractivity contribution >= 4 is 51.3 Å². The molecule has 0 saturated heterocycles. The second-order valence-electron chi connectivity index (χ2n) is 8.96. The van der Waals surface area contributed by atoms with Crippen LogP contribution >= 0.6 is 11.6 Å². The van der Waals surface area contributed by atoms with Gasteiger partial charge in [0.2, 0.25) is 5.82 Å². The van der Waals surface area contributed by atoms with E-state index < -0.39 is 23.9 Å². The van der Waals surface area contributed by atoms with Crippen LogP contribution in [-0.4, -0.2) is 28.4 Å². The van der Waals surface area contributed by atoms with Crippen LogP contribution in [0.4, 0.5) is 10.1 Å². The second kappa shape index (κ2) is 11.1. The topological polar surface area (TPSA) is 98.7 Å². The average molecular weight is 567 g/mol. The van der Waals surface area contributed by atoms with Crippen molar-refractivity contribution in [3.63, 3.8) is 0 Å². The van der Waals surface area contributed by atoms with Gasteiger partial charge in [-0.1, -0.05) is 54.1 Å². The summed E-state index contributed by atoms with van der Waals surface area (Å²) in [6, 6.07) is 26.8. The molecule has 0 bridgehead atoms. The molecule has 41 heavy (non-hydrogen) atoms. The Balaban J connectivity index is 1.35. The molecule has 0 aliphatic rings. The Bertz CT molecular complexity index is 1980. The number of rotatable bonds is 7. The Kier molecular flexibility index (Phi) is 7.01. The van der Waals surface area contributed by atoms with Crippen molar-refractivity contribution in [3.8, 4) is 17.3 Å². The molecule has 0 aliphatic heterocycles. The summed E-state index contributed by atoms with van der Waals surface area (Å²) in [5, 5.41) is 8.52. The zero-order valence-electron chi connectivity index (χ0n) is 21.3. The number of nitrogens with one attached hydrogen (secondary N) is 1. The highest BCUT2D eigenvalue weighted by Gasteiger charge is 2.17. The van der Waals surface area contributed by atoms with Crippen LogP contribution in [0.1, 0.15) is 5.56 Å². The van der Waals surface area contributed by atoms with Crippen LogP contribution < -0.4 is 15.6 Å². The number of benzene rings is 4. The Morgan fingerprint density at radius 1 is 1.02 bits per heavy atom. The molecule has 10 heteroatoms. The third-order valence-corrected chi connectivity index (χ3v) is 6.43. The van der Waals surface area contributed by atoms with E-state index in [9.17, 15) is 14.0 Å². The summed E-state index contributed by atoms with van der Waals surface area (Å²) in [6.45, 7) is -0.404. The lowest BCUT2D eigenvalue weighted by molar-refractivity contribution is -0.118. The minimum Gasteiger partial charge on any atom is -0.483 e. The normalized spacial score (nSPS) is 11.4. The summed E-state index contributed by atoms with van der Waals surface area (Å²) in [7, 11) is 0. The first-order valence-corrected chi connectivity index (χ1v) is 12.9. The van der Waals surface area contributed by atoms with Crippen molar-refractivity contribution in [1.29, 1.82) is 0 Å². The molecule has 0 spiro atoms. The van der Waals surface area contributed by atoms with Gasteiger partial charge in [-0.25, -0.2) is 9.37 Å². The van der Waals surface area contributed by atoms with Gasteiger partial charge < -0.3 is 14.5 Å². The molecule has 2 aromatic heterocycles. The van der Waals surface area contributed by atoms with Crippen molar-refractivity contribution < 1.29 is 18.3 Å². The van der Waals surface area contributed by atoms with Gasteiger partial charge in [0.15, 0.2) is 12.4 Å². The van der Waals surface area contributed by atoms with Crippen LogP contribution in [0, 0.1) is 5.82 Å². The smallest absolute Gasteiger partial charge is 0.282 e. The predicted octanol–water partition coefficient (Wildman–Crippen LogP) is 6.50. The molecule has 0 unspecified atom stereocenters. The van der Waals surface area contributed by atoms with Crippen LogP contribution in [0.3, 0.4) is 0 Å².